The van der Waals surface area contributed by atoms with Gasteiger partial charge in [0, 0.05) is 7.11 Å². The van der Waals surface area contributed by atoms with E-state index in [9.17, 15) is 4.79 Å². The number of rotatable bonds is 9. The molecule has 1 rings (SSSR count). The van der Waals surface area contributed by atoms with Crippen LogP contribution >= 0.6 is 27.3 Å². The molecule has 0 unspecified atom stereocenters. The van der Waals surface area contributed by atoms with Crippen molar-refractivity contribution in [3.05, 3.63) is 20.8 Å². The van der Waals surface area contributed by atoms with Gasteiger partial charge in [0.05, 0.1) is 35.1 Å². The van der Waals surface area contributed by atoms with E-state index in [4.69, 9.17) is 14.2 Å². The quantitative estimate of drug-likeness (QED) is 0.517. The number of ketones is 1. The topological polar surface area (TPSA) is 44.8 Å². The lowest BCUT2D eigenvalue weighted by Gasteiger charge is -2.04. The summed E-state index contributed by atoms with van der Waals surface area (Å²) in [5.41, 5.74) is 0. The van der Waals surface area contributed by atoms with Crippen molar-refractivity contribution in [1.82, 2.24) is 0 Å². The zero-order valence-corrected chi connectivity index (χ0v) is 12.0. The summed E-state index contributed by atoms with van der Waals surface area (Å²) in [6, 6.07) is 3.64. The predicted octanol–water partition coefficient (Wildman–Crippen LogP) is 2.37. The lowest BCUT2D eigenvalue weighted by Crippen LogP contribution is -2.13. The first kappa shape index (κ1) is 14.8. The van der Waals surface area contributed by atoms with E-state index < -0.39 is 0 Å². The molecule has 0 aromatic carbocycles. The van der Waals surface area contributed by atoms with Gasteiger partial charge >= 0.3 is 0 Å². The minimum atomic E-state index is -0.00223. The van der Waals surface area contributed by atoms with Crippen LogP contribution in [-0.2, 0) is 14.2 Å². The second-order valence-electron chi connectivity index (χ2n) is 3.18. The molecule has 0 spiro atoms. The van der Waals surface area contributed by atoms with Crippen molar-refractivity contribution in [2.24, 2.45) is 0 Å². The smallest absolute Gasteiger partial charge is 0.198 e. The Morgan fingerprint density at radius 1 is 1.24 bits per heavy atom. The first-order chi connectivity index (χ1) is 8.24. The van der Waals surface area contributed by atoms with E-state index in [1.807, 2.05) is 6.07 Å². The molecule has 0 fully saturated rings. The normalized spacial score (nSPS) is 10.7. The Bertz CT molecular complexity index is 340. The molecular weight excluding hydrogens is 308 g/mol. The summed E-state index contributed by atoms with van der Waals surface area (Å²) in [6.45, 7) is 2.11. The zero-order valence-electron chi connectivity index (χ0n) is 9.61. The Kier molecular flexibility index (Phi) is 7.63. The number of carbonyl (C=O) groups is 1. The van der Waals surface area contributed by atoms with Gasteiger partial charge in [-0.25, -0.2) is 0 Å². The third-order valence-corrected chi connectivity index (χ3v) is 3.55. The molecule has 0 aliphatic carbocycles. The third-order valence-electron chi connectivity index (χ3n) is 1.88. The lowest BCUT2D eigenvalue weighted by molar-refractivity contribution is 0.0254. The van der Waals surface area contributed by atoms with Crippen LogP contribution in [0.4, 0.5) is 0 Å². The summed E-state index contributed by atoms with van der Waals surface area (Å²) in [4.78, 5) is 12.3. The molecule has 0 amide bonds. The second kappa shape index (κ2) is 8.77. The Labute approximate surface area is 113 Å². The molecule has 0 bridgehead atoms. The van der Waals surface area contributed by atoms with Crippen LogP contribution in [0.5, 0.6) is 0 Å². The van der Waals surface area contributed by atoms with Gasteiger partial charge in [-0.05, 0) is 28.1 Å². The lowest BCUT2D eigenvalue weighted by atomic mass is 10.3. The number of methoxy groups -OCH3 is 1. The summed E-state index contributed by atoms with van der Waals surface area (Å²) in [7, 11) is 1.62. The van der Waals surface area contributed by atoms with E-state index in [1.165, 1.54) is 11.3 Å². The molecule has 0 aliphatic heterocycles. The van der Waals surface area contributed by atoms with Crippen LogP contribution in [0.15, 0.2) is 15.9 Å². The maximum absolute atomic E-state index is 11.6. The zero-order chi connectivity index (χ0) is 12.5. The molecule has 1 aromatic heterocycles. The number of hydrogen-bond acceptors (Lipinski definition) is 5. The van der Waals surface area contributed by atoms with Gasteiger partial charge in [0.1, 0.15) is 6.61 Å². The molecule has 0 N–H and O–H groups in total. The highest BCUT2D eigenvalue weighted by atomic mass is 79.9. The van der Waals surface area contributed by atoms with Gasteiger partial charge in [-0.15, -0.1) is 11.3 Å². The summed E-state index contributed by atoms with van der Waals surface area (Å²) in [5.74, 6) is -0.00223. The molecule has 0 saturated heterocycles. The molecule has 1 aromatic rings. The van der Waals surface area contributed by atoms with Crippen molar-refractivity contribution in [2.45, 2.75) is 0 Å². The minimum Gasteiger partial charge on any atom is -0.382 e. The largest absolute Gasteiger partial charge is 0.382 e. The fourth-order valence-electron chi connectivity index (χ4n) is 1.06. The Morgan fingerprint density at radius 3 is 2.59 bits per heavy atom. The molecule has 6 heteroatoms. The van der Waals surface area contributed by atoms with Crippen LogP contribution in [0.1, 0.15) is 9.67 Å². The van der Waals surface area contributed by atoms with Crippen molar-refractivity contribution in [2.75, 3.05) is 40.1 Å². The Balaban J connectivity index is 2.05. The molecule has 4 nitrogen and oxygen atoms in total. The van der Waals surface area contributed by atoms with Crippen LogP contribution in [0, 0.1) is 0 Å². The summed E-state index contributed by atoms with van der Waals surface area (Å²) in [6.07, 6.45) is 0. The maximum atomic E-state index is 11.6. The van der Waals surface area contributed by atoms with Gasteiger partial charge in [-0.1, -0.05) is 0 Å². The number of carbonyl (C=O) groups excluding carboxylic acids is 1. The van der Waals surface area contributed by atoms with Crippen molar-refractivity contribution in [3.8, 4) is 0 Å². The number of halogens is 1. The summed E-state index contributed by atoms with van der Waals surface area (Å²) in [5, 5.41) is 0. The van der Waals surface area contributed by atoms with Crippen LogP contribution in [0.3, 0.4) is 0 Å². The highest BCUT2D eigenvalue weighted by Gasteiger charge is 2.08. The molecule has 17 heavy (non-hydrogen) atoms. The summed E-state index contributed by atoms with van der Waals surface area (Å²) < 4.78 is 16.2. The summed E-state index contributed by atoms with van der Waals surface area (Å²) >= 11 is 4.72. The van der Waals surface area contributed by atoms with Gasteiger partial charge in [-0.3, -0.25) is 4.79 Å². The average Bonchev–Trinajstić information content (AvgIpc) is 2.74. The van der Waals surface area contributed by atoms with Crippen LogP contribution < -0.4 is 0 Å². The van der Waals surface area contributed by atoms with Gasteiger partial charge in [0.2, 0.25) is 0 Å². The number of thiophene rings is 1. The number of ether oxygens (including phenoxy) is 3. The number of Topliss-reactive ketones (excluding diaryl/α,β-unsaturated/α-hetero) is 1. The minimum absolute atomic E-state index is 0.00223. The Hall–Kier alpha value is -0.270. The van der Waals surface area contributed by atoms with Crippen molar-refractivity contribution in [1.29, 1.82) is 0 Å². The van der Waals surface area contributed by atoms with E-state index in [0.29, 0.717) is 31.3 Å². The van der Waals surface area contributed by atoms with Gasteiger partial charge in [-0.2, -0.15) is 0 Å². The molecule has 0 aliphatic rings. The van der Waals surface area contributed by atoms with Gasteiger partial charge < -0.3 is 14.2 Å². The highest BCUT2D eigenvalue weighted by molar-refractivity contribution is 9.11. The van der Waals surface area contributed by atoms with E-state index in [2.05, 4.69) is 15.9 Å². The van der Waals surface area contributed by atoms with Crippen LogP contribution in [0.2, 0.25) is 0 Å². The molecule has 1 heterocycles. The fourth-order valence-corrected chi connectivity index (χ4v) is 2.37. The van der Waals surface area contributed by atoms with Crippen molar-refractivity contribution >= 4 is 33.0 Å². The van der Waals surface area contributed by atoms with Crippen LogP contribution in [0.25, 0.3) is 0 Å². The monoisotopic (exact) mass is 322 g/mol. The first-order valence-electron chi connectivity index (χ1n) is 5.17. The molecule has 0 radical (unpaired) electrons. The van der Waals surface area contributed by atoms with Gasteiger partial charge in [0.25, 0.3) is 0 Å². The van der Waals surface area contributed by atoms with Gasteiger partial charge in [0.15, 0.2) is 5.78 Å². The van der Waals surface area contributed by atoms with E-state index in [1.54, 1.807) is 13.2 Å². The Morgan fingerprint density at radius 2 is 1.94 bits per heavy atom. The van der Waals surface area contributed by atoms with Crippen LogP contribution in [-0.4, -0.2) is 45.9 Å². The van der Waals surface area contributed by atoms with E-state index in [-0.39, 0.29) is 12.4 Å². The molecule has 0 saturated carbocycles. The van der Waals surface area contributed by atoms with Crippen molar-refractivity contribution in [3.63, 3.8) is 0 Å². The average molecular weight is 323 g/mol. The SMILES string of the molecule is COCCOCCOCC(=O)c1ccc(Br)s1. The second-order valence-corrected chi connectivity index (χ2v) is 5.65. The third kappa shape index (κ3) is 6.28. The predicted molar refractivity (Wildman–Crippen MR) is 69.9 cm³/mol. The highest BCUT2D eigenvalue weighted by Crippen LogP contribution is 2.22. The standard InChI is InChI=1S/C11H15BrO4S/c1-14-4-5-15-6-7-16-8-9(13)10-2-3-11(12)17-10/h2-3H,4-8H2,1H3. The molecule has 96 valence electrons. The van der Waals surface area contributed by atoms with Crippen molar-refractivity contribution < 1.29 is 19.0 Å². The molecule has 0 atom stereocenters. The van der Waals surface area contributed by atoms with E-state index >= 15 is 0 Å². The number of hydrogen-bond donors (Lipinski definition) is 0. The maximum Gasteiger partial charge on any atom is 0.198 e. The first-order valence-corrected chi connectivity index (χ1v) is 6.78. The van der Waals surface area contributed by atoms with E-state index in [0.717, 1.165) is 3.79 Å². The molecular formula is C11H15BrO4S. The fraction of sp³-hybridized carbons (Fsp3) is 0.545.